The van der Waals surface area contributed by atoms with Gasteiger partial charge in [-0.15, -0.1) is 10.2 Å². The zero-order valence-electron chi connectivity index (χ0n) is 21.3. The Labute approximate surface area is 234 Å². The molecule has 0 aliphatic carbocycles. The summed E-state index contributed by atoms with van der Waals surface area (Å²) in [6.07, 6.45) is 0.950. The van der Waals surface area contributed by atoms with Crippen molar-refractivity contribution >= 4 is 27.5 Å². The van der Waals surface area contributed by atoms with Gasteiger partial charge in [0.15, 0.2) is 0 Å². The topological polar surface area (TPSA) is 176 Å². The minimum absolute atomic E-state index is 0.0102. The lowest BCUT2D eigenvalue weighted by Crippen LogP contribution is -2.42. The van der Waals surface area contributed by atoms with Crippen LogP contribution in [0.1, 0.15) is 43.7 Å². The third-order valence-corrected chi connectivity index (χ3v) is 7.83. The molecule has 218 valence electrons. The van der Waals surface area contributed by atoms with Crippen molar-refractivity contribution in [2.75, 3.05) is 10.8 Å². The number of anilines is 1. The van der Waals surface area contributed by atoms with E-state index in [1.165, 1.54) is 24.3 Å². The van der Waals surface area contributed by atoms with E-state index in [0.29, 0.717) is 11.1 Å². The van der Waals surface area contributed by atoms with Crippen LogP contribution >= 0.6 is 0 Å². The summed E-state index contributed by atoms with van der Waals surface area (Å²) in [4.78, 5) is 33.3. The first-order valence-corrected chi connectivity index (χ1v) is 13.4. The molecule has 42 heavy (non-hydrogen) atoms. The fourth-order valence-corrected chi connectivity index (χ4v) is 5.26. The first-order chi connectivity index (χ1) is 19.8. The SMILES string of the molecule is Cc1cc(CNC(=O)c2cc(C(=O)N[C@@H]3CN(S(=O)(=O)C(F)(F)F)c4cc(-c5nn[nH]n5)ccc43)ncn2)ccc1F. The monoisotopic (exact) mass is 605 g/mol. The van der Waals surface area contributed by atoms with Gasteiger partial charge < -0.3 is 10.6 Å². The lowest BCUT2D eigenvalue weighted by atomic mass is 10.1. The number of alkyl halides is 3. The van der Waals surface area contributed by atoms with Crippen molar-refractivity contribution in [3.05, 3.63) is 82.7 Å². The van der Waals surface area contributed by atoms with Gasteiger partial charge in [0.1, 0.15) is 23.5 Å². The van der Waals surface area contributed by atoms with Crippen LogP contribution in [-0.4, -0.2) is 62.9 Å². The second-order valence-corrected chi connectivity index (χ2v) is 10.9. The number of benzene rings is 2. The van der Waals surface area contributed by atoms with Crippen LogP contribution in [0.3, 0.4) is 0 Å². The van der Waals surface area contributed by atoms with Crippen molar-refractivity contribution in [1.29, 1.82) is 0 Å². The highest BCUT2D eigenvalue weighted by Crippen LogP contribution is 2.42. The average molecular weight is 606 g/mol. The fourth-order valence-electron chi connectivity index (χ4n) is 4.24. The molecule has 2 aromatic heterocycles. The number of nitrogens with zero attached hydrogens (tertiary/aromatic N) is 6. The molecule has 5 rings (SSSR count). The summed E-state index contributed by atoms with van der Waals surface area (Å²) < 4.78 is 78.9. The lowest BCUT2D eigenvalue weighted by molar-refractivity contribution is -0.0438. The number of hydrogen-bond donors (Lipinski definition) is 3. The molecule has 4 aromatic rings. The Morgan fingerprint density at radius 3 is 2.48 bits per heavy atom. The molecule has 1 atom stereocenters. The van der Waals surface area contributed by atoms with E-state index in [1.807, 2.05) is 0 Å². The van der Waals surface area contributed by atoms with Crippen molar-refractivity contribution < 1.29 is 35.6 Å². The van der Waals surface area contributed by atoms with Crippen LogP contribution in [0.25, 0.3) is 11.4 Å². The maximum Gasteiger partial charge on any atom is 0.516 e. The number of carbonyl (C=O) groups excluding carboxylic acids is 2. The van der Waals surface area contributed by atoms with Crippen molar-refractivity contribution in [1.82, 2.24) is 41.2 Å². The van der Waals surface area contributed by atoms with Crippen molar-refractivity contribution in [2.24, 2.45) is 0 Å². The molecular formula is C24H19F4N9O4S. The van der Waals surface area contributed by atoms with Crippen molar-refractivity contribution in [2.45, 2.75) is 25.0 Å². The molecule has 0 fully saturated rings. The molecule has 2 amide bonds. The summed E-state index contributed by atoms with van der Waals surface area (Å²) in [7, 11) is -5.84. The molecule has 0 unspecified atom stereocenters. The van der Waals surface area contributed by atoms with E-state index in [-0.39, 0.29) is 44.9 Å². The van der Waals surface area contributed by atoms with E-state index in [1.54, 1.807) is 13.0 Å². The number of aryl methyl sites for hydroxylation is 1. The van der Waals surface area contributed by atoms with Crippen molar-refractivity contribution in [3.8, 4) is 11.4 Å². The highest BCUT2D eigenvalue weighted by Gasteiger charge is 2.53. The average Bonchev–Trinajstić information content (AvgIpc) is 3.62. The zero-order chi connectivity index (χ0) is 30.2. The van der Waals surface area contributed by atoms with E-state index in [0.717, 1.165) is 18.5 Å². The van der Waals surface area contributed by atoms with Gasteiger partial charge in [-0.1, -0.05) is 24.3 Å². The normalized spacial score (nSPS) is 14.9. The molecule has 18 heteroatoms. The number of hydrogen-bond acceptors (Lipinski definition) is 9. The molecule has 0 saturated carbocycles. The summed E-state index contributed by atoms with van der Waals surface area (Å²) in [5.74, 6) is -1.95. The van der Waals surface area contributed by atoms with Crippen LogP contribution in [0.2, 0.25) is 0 Å². The summed E-state index contributed by atoms with van der Waals surface area (Å²) in [6, 6.07) is 8.09. The molecule has 0 radical (unpaired) electrons. The van der Waals surface area contributed by atoms with E-state index in [4.69, 9.17) is 0 Å². The predicted octanol–water partition coefficient (Wildman–Crippen LogP) is 2.17. The van der Waals surface area contributed by atoms with Gasteiger partial charge in [-0.25, -0.2) is 14.4 Å². The summed E-state index contributed by atoms with van der Waals surface area (Å²) in [6.45, 7) is 0.844. The smallest absolute Gasteiger partial charge is 0.347 e. The van der Waals surface area contributed by atoms with Crippen LogP contribution in [0.15, 0.2) is 48.8 Å². The second kappa shape index (κ2) is 10.8. The number of halogens is 4. The highest BCUT2D eigenvalue weighted by atomic mass is 32.2. The Hall–Kier alpha value is -5.00. The number of nitrogens with one attached hydrogen (secondary N) is 3. The van der Waals surface area contributed by atoms with Crippen LogP contribution in [-0.2, 0) is 16.6 Å². The Morgan fingerprint density at radius 2 is 1.81 bits per heavy atom. The van der Waals surface area contributed by atoms with Crippen LogP contribution in [0.4, 0.5) is 23.2 Å². The van der Waals surface area contributed by atoms with Crippen LogP contribution in [0, 0.1) is 12.7 Å². The number of amides is 2. The Balaban J connectivity index is 1.36. The lowest BCUT2D eigenvalue weighted by Gasteiger charge is -2.21. The third-order valence-electron chi connectivity index (χ3n) is 6.32. The van der Waals surface area contributed by atoms with Crippen LogP contribution in [0.5, 0.6) is 0 Å². The number of tetrazole rings is 1. The Kier molecular flexibility index (Phi) is 7.31. The maximum atomic E-state index is 13.5. The fraction of sp³-hybridized carbons (Fsp3) is 0.208. The highest BCUT2D eigenvalue weighted by molar-refractivity contribution is 7.93. The van der Waals surface area contributed by atoms with E-state index >= 15 is 0 Å². The van der Waals surface area contributed by atoms with Crippen LogP contribution < -0.4 is 14.9 Å². The number of rotatable bonds is 7. The maximum absolute atomic E-state index is 13.5. The molecular weight excluding hydrogens is 586 g/mol. The van der Waals surface area contributed by atoms with Gasteiger partial charge in [0.25, 0.3) is 11.8 Å². The van der Waals surface area contributed by atoms with Gasteiger partial charge in [0.2, 0.25) is 5.82 Å². The quantitative estimate of drug-likeness (QED) is 0.267. The first kappa shape index (κ1) is 28.5. The standard InChI is InChI=1S/C24H19F4N9O4S/c1-12-6-13(2-5-16(12)25)9-29-22(38)17-8-18(31-11-30-17)23(39)32-19-10-37(42(40,41)24(26,27)28)20-7-14(3-4-15(19)20)21-33-35-36-34-21/h2-8,11,19H,9-10H2,1H3,(H,29,38)(H,32,39)(H,33,34,35,36)/t19-/m1/s1. The van der Waals surface area contributed by atoms with E-state index in [9.17, 15) is 35.6 Å². The number of carbonyl (C=O) groups is 2. The minimum atomic E-state index is -5.84. The predicted molar refractivity (Wildman–Crippen MR) is 136 cm³/mol. The molecule has 3 N–H and O–H groups in total. The Morgan fingerprint density at radius 1 is 1.07 bits per heavy atom. The summed E-state index contributed by atoms with van der Waals surface area (Å²) in [5.41, 5.74) is -5.17. The number of aromatic nitrogens is 6. The Bertz CT molecular complexity index is 1780. The molecule has 0 saturated heterocycles. The summed E-state index contributed by atoms with van der Waals surface area (Å²) >= 11 is 0. The van der Waals surface area contributed by atoms with E-state index in [2.05, 4.69) is 41.2 Å². The van der Waals surface area contributed by atoms with Gasteiger partial charge in [-0.3, -0.25) is 13.9 Å². The third kappa shape index (κ3) is 5.47. The number of aromatic amines is 1. The van der Waals surface area contributed by atoms with Crippen molar-refractivity contribution in [3.63, 3.8) is 0 Å². The largest absolute Gasteiger partial charge is 0.516 e. The van der Waals surface area contributed by atoms with Gasteiger partial charge in [0.05, 0.1) is 18.3 Å². The number of sulfonamides is 1. The van der Waals surface area contributed by atoms with Gasteiger partial charge in [-0.2, -0.15) is 26.8 Å². The first-order valence-electron chi connectivity index (χ1n) is 12.0. The molecule has 0 spiro atoms. The van der Waals surface area contributed by atoms with Gasteiger partial charge in [-0.05, 0) is 35.4 Å². The number of fused-ring (bicyclic) bond motifs is 1. The van der Waals surface area contributed by atoms with Gasteiger partial charge >= 0.3 is 15.5 Å². The van der Waals surface area contributed by atoms with E-state index < -0.39 is 45.7 Å². The molecule has 1 aliphatic rings. The molecule has 0 bridgehead atoms. The van der Waals surface area contributed by atoms with Gasteiger partial charge in [0, 0.05) is 23.7 Å². The molecule has 13 nitrogen and oxygen atoms in total. The number of H-pyrrole nitrogens is 1. The molecule has 3 heterocycles. The molecule has 1 aliphatic heterocycles. The molecule has 2 aromatic carbocycles. The second-order valence-electron chi connectivity index (χ2n) is 9.07. The minimum Gasteiger partial charge on any atom is -0.347 e. The summed E-state index contributed by atoms with van der Waals surface area (Å²) in [5, 5.41) is 18.1. The zero-order valence-corrected chi connectivity index (χ0v) is 22.2.